The first kappa shape index (κ1) is 16.6. The molecule has 0 saturated carbocycles. The molecule has 6 nitrogen and oxygen atoms in total. The minimum absolute atomic E-state index is 0.000871. The minimum Gasteiger partial charge on any atom is -0.508 e. The molecule has 1 aromatic rings. The molecule has 0 spiro atoms. The molecule has 0 atom stereocenters. The summed E-state index contributed by atoms with van der Waals surface area (Å²) in [6, 6.07) is 2.72. The normalized spacial score (nSPS) is 11.2. The molecule has 1 amide bonds. The van der Waals surface area contributed by atoms with E-state index < -0.39 is 15.9 Å². The number of carbonyl (C=O) groups excluding carboxylic acids is 1. The van der Waals surface area contributed by atoms with Crippen molar-refractivity contribution in [3.8, 4) is 5.75 Å². The molecule has 0 aromatic heterocycles. The van der Waals surface area contributed by atoms with Gasteiger partial charge in [0.15, 0.2) is 9.84 Å². The third-order valence-electron chi connectivity index (χ3n) is 2.57. The zero-order valence-corrected chi connectivity index (χ0v) is 12.7. The van der Waals surface area contributed by atoms with Crippen molar-refractivity contribution in [2.75, 3.05) is 23.4 Å². The van der Waals surface area contributed by atoms with Crippen LogP contribution in [0.25, 0.3) is 0 Å². The van der Waals surface area contributed by atoms with Crippen LogP contribution in [0.3, 0.4) is 0 Å². The van der Waals surface area contributed by atoms with E-state index in [-0.39, 0.29) is 28.9 Å². The highest BCUT2D eigenvalue weighted by Gasteiger charge is 2.13. The molecule has 0 aliphatic carbocycles. The van der Waals surface area contributed by atoms with Crippen LogP contribution in [0.15, 0.2) is 12.1 Å². The Hall–Kier alpha value is -1.47. The summed E-state index contributed by atoms with van der Waals surface area (Å²) in [6.07, 6.45) is -0.799. The van der Waals surface area contributed by atoms with E-state index >= 15 is 0 Å². The van der Waals surface area contributed by atoms with Crippen LogP contribution in [0.2, 0.25) is 5.02 Å². The Morgan fingerprint density at radius 3 is 2.65 bits per heavy atom. The van der Waals surface area contributed by atoms with Gasteiger partial charge in [0.2, 0.25) is 0 Å². The Labute approximate surface area is 122 Å². The average Bonchev–Trinajstić information content (AvgIpc) is 2.33. The van der Waals surface area contributed by atoms with Gasteiger partial charge in [0.1, 0.15) is 12.4 Å². The molecule has 0 aliphatic rings. The maximum absolute atomic E-state index is 11.5. The largest absolute Gasteiger partial charge is 0.508 e. The number of hydrogen-bond donors (Lipinski definition) is 2. The van der Waals surface area contributed by atoms with E-state index in [0.717, 1.165) is 0 Å². The number of nitrogens with one attached hydrogen (secondary N) is 1. The summed E-state index contributed by atoms with van der Waals surface area (Å²) in [4.78, 5) is 11.5. The predicted molar refractivity (Wildman–Crippen MR) is 77.2 cm³/mol. The van der Waals surface area contributed by atoms with E-state index in [1.807, 2.05) is 0 Å². The monoisotopic (exact) mass is 321 g/mol. The molecule has 1 aromatic carbocycles. The van der Waals surface area contributed by atoms with Gasteiger partial charge in [-0.15, -0.1) is 0 Å². The highest BCUT2D eigenvalue weighted by atomic mass is 35.5. The smallest absolute Gasteiger partial charge is 0.411 e. The lowest BCUT2D eigenvalue weighted by Crippen LogP contribution is -2.20. The highest BCUT2D eigenvalue weighted by Crippen LogP contribution is 2.30. The Morgan fingerprint density at radius 2 is 2.10 bits per heavy atom. The predicted octanol–water partition coefficient (Wildman–Crippen LogP) is 2.34. The molecule has 0 aliphatic heterocycles. The second-order valence-electron chi connectivity index (χ2n) is 4.12. The topological polar surface area (TPSA) is 92.7 Å². The summed E-state index contributed by atoms with van der Waals surface area (Å²) >= 11 is 5.88. The van der Waals surface area contributed by atoms with Crippen LogP contribution in [0.1, 0.15) is 12.5 Å². The van der Waals surface area contributed by atoms with Crippen molar-refractivity contribution in [2.24, 2.45) is 0 Å². The molecule has 0 heterocycles. The number of aryl methyl sites for hydroxylation is 1. The van der Waals surface area contributed by atoms with Gasteiger partial charge in [-0.05, 0) is 18.6 Å². The third-order valence-corrected chi connectivity index (χ3v) is 4.53. The molecule has 0 fully saturated rings. The molecule has 0 saturated heterocycles. The van der Waals surface area contributed by atoms with Crippen molar-refractivity contribution >= 4 is 33.2 Å². The molecule has 0 bridgehead atoms. The highest BCUT2D eigenvalue weighted by molar-refractivity contribution is 7.91. The second-order valence-corrected chi connectivity index (χ2v) is 7.00. The SMILES string of the molecule is CCS(=O)(=O)CCOC(=O)Nc1c(C)cc(O)cc1Cl. The van der Waals surface area contributed by atoms with Crippen molar-refractivity contribution < 1.29 is 23.1 Å². The van der Waals surface area contributed by atoms with Crippen molar-refractivity contribution in [1.82, 2.24) is 0 Å². The lowest BCUT2D eigenvalue weighted by Gasteiger charge is -2.11. The Morgan fingerprint density at radius 1 is 1.45 bits per heavy atom. The Bertz CT molecular complexity index is 577. The van der Waals surface area contributed by atoms with Crippen LogP contribution in [0.5, 0.6) is 5.75 Å². The van der Waals surface area contributed by atoms with Crippen LogP contribution >= 0.6 is 11.6 Å². The van der Waals surface area contributed by atoms with Gasteiger partial charge in [0.25, 0.3) is 0 Å². The Balaban J connectivity index is 2.60. The van der Waals surface area contributed by atoms with Gasteiger partial charge >= 0.3 is 6.09 Å². The van der Waals surface area contributed by atoms with Crippen molar-refractivity contribution in [1.29, 1.82) is 0 Å². The fourth-order valence-electron chi connectivity index (χ4n) is 1.43. The Kier molecular flexibility index (Phi) is 5.64. The lowest BCUT2D eigenvalue weighted by atomic mass is 10.2. The summed E-state index contributed by atoms with van der Waals surface area (Å²) < 4.78 is 27.2. The number of carbonyl (C=O) groups is 1. The number of phenols is 1. The number of rotatable bonds is 5. The van der Waals surface area contributed by atoms with Crippen LogP contribution in [0, 0.1) is 6.92 Å². The van der Waals surface area contributed by atoms with Gasteiger partial charge < -0.3 is 9.84 Å². The van der Waals surface area contributed by atoms with Crippen molar-refractivity contribution in [3.05, 3.63) is 22.7 Å². The van der Waals surface area contributed by atoms with Crippen LogP contribution in [-0.2, 0) is 14.6 Å². The molecule has 8 heteroatoms. The van der Waals surface area contributed by atoms with Crippen molar-refractivity contribution in [3.63, 3.8) is 0 Å². The van der Waals surface area contributed by atoms with Crippen LogP contribution in [-0.4, -0.2) is 37.7 Å². The molecule has 112 valence electrons. The standard InChI is InChI=1S/C12H16ClNO5S/c1-3-20(17,18)5-4-19-12(16)14-11-8(2)6-9(15)7-10(11)13/h6-7,15H,3-5H2,1-2H3,(H,14,16). The molecule has 20 heavy (non-hydrogen) atoms. The molecule has 0 unspecified atom stereocenters. The number of anilines is 1. The van der Waals surface area contributed by atoms with E-state index in [1.165, 1.54) is 19.1 Å². The molecule has 0 radical (unpaired) electrons. The summed E-state index contributed by atoms with van der Waals surface area (Å²) in [5.41, 5.74) is 0.876. The van der Waals surface area contributed by atoms with Gasteiger partial charge in [-0.2, -0.15) is 0 Å². The second kappa shape index (κ2) is 6.81. The number of benzene rings is 1. The van der Waals surface area contributed by atoms with Crippen LogP contribution < -0.4 is 5.32 Å². The molecule has 2 N–H and O–H groups in total. The zero-order valence-electron chi connectivity index (χ0n) is 11.1. The molecular weight excluding hydrogens is 306 g/mol. The maximum Gasteiger partial charge on any atom is 0.411 e. The number of amides is 1. The quantitative estimate of drug-likeness (QED) is 0.812. The van der Waals surface area contributed by atoms with Gasteiger partial charge in [0.05, 0.1) is 16.5 Å². The van der Waals surface area contributed by atoms with E-state index in [2.05, 4.69) is 5.32 Å². The molecular formula is C12H16ClNO5S. The maximum atomic E-state index is 11.5. The van der Waals surface area contributed by atoms with Gasteiger partial charge in [-0.3, -0.25) is 5.32 Å². The number of aromatic hydroxyl groups is 1. The first-order valence-electron chi connectivity index (χ1n) is 5.88. The number of hydrogen-bond acceptors (Lipinski definition) is 5. The number of sulfone groups is 1. The van der Waals surface area contributed by atoms with Gasteiger partial charge in [-0.25, -0.2) is 13.2 Å². The first-order valence-corrected chi connectivity index (χ1v) is 8.08. The van der Waals surface area contributed by atoms with Crippen molar-refractivity contribution in [2.45, 2.75) is 13.8 Å². The van der Waals surface area contributed by atoms with E-state index in [9.17, 15) is 18.3 Å². The number of ether oxygens (including phenoxy) is 1. The summed E-state index contributed by atoms with van der Waals surface area (Å²) in [5.74, 6) is -0.236. The summed E-state index contributed by atoms with van der Waals surface area (Å²) in [5, 5.41) is 11.9. The fourth-order valence-corrected chi connectivity index (χ4v) is 2.36. The van der Waals surface area contributed by atoms with Crippen LogP contribution in [0.4, 0.5) is 10.5 Å². The minimum atomic E-state index is -3.17. The average molecular weight is 322 g/mol. The van der Waals surface area contributed by atoms with Gasteiger partial charge in [-0.1, -0.05) is 18.5 Å². The summed E-state index contributed by atoms with van der Waals surface area (Å²) in [6.45, 7) is 2.95. The summed E-state index contributed by atoms with van der Waals surface area (Å²) in [7, 11) is -3.17. The van der Waals surface area contributed by atoms with Gasteiger partial charge in [0, 0.05) is 11.8 Å². The number of phenolic OH excluding ortho intramolecular Hbond substituents is 1. The zero-order chi connectivity index (χ0) is 15.3. The number of halogens is 1. The third kappa shape index (κ3) is 4.90. The fraction of sp³-hybridized carbons (Fsp3) is 0.417. The lowest BCUT2D eigenvalue weighted by molar-refractivity contribution is 0.168. The van der Waals surface area contributed by atoms with E-state index in [1.54, 1.807) is 6.92 Å². The first-order chi connectivity index (χ1) is 9.25. The van der Waals surface area contributed by atoms with E-state index in [0.29, 0.717) is 11.3 Å². The molecule has 1 rings (SSSR count). The van der Waals surface area contributed by atoms with E-state index in [4.69, 9.17) is 16.3 Å².